The Morgan fingerprint density at radius 1 is 1.03 bits per heavy atom. The van der Waals surface area contributed by atoms with Gasteiger partial charge in [0.15, 0.2) is 0 Å². The predicted octanol–water partition coefficient (Wildman–Crippen LogP) is 5.67. The Labute approximate surface area is 222 Å². The molecule has 6 nitrogen and oxygen atoms in total. The molecular weight excluding hydrogens is 468 g/mol. The number of rotatable bonds is 5. The van der Waals surface area contributed by atoms with E-state index in [-0.39, 0.29) is 40.1 Å². The maximum absolute atomic E-state index is 12.6. The van der Waals surface area contributed by atoms with Crippen LogP contribution in [0.4, 0.5) is 0 Å². The molecule has 0 spiro atoms. The lowest BCUT2D eigenvalue weighted by atomic mass is 9.36. The number of hydrogen-bond acceptors (Lipinski definition) is 5. The van der Waals surface area contributed by atoms with Crippen LogP contribution in [0.1, 0.15) is 99.8 Å². The number of fused-ring (bicyclic) bond motifs is 5. The highest BCUT2D eigenvalue weighted by molar-refractivity contribution is 5.88. The van der Waals surface area contributed by atoms with Crippen LogP contribution in [0.15, 0.2) is 22.8 Å². The van der Waals surface area contributed by atoms with E-state index in [9.17, 15) is 24.9 Å². The molecule has 0 bridgehead atoms. The molecule has 4 aliphatic carbocycles. The molecule has 37 heavy (non-hydrogen) atoms. The van der Waals surface area contributed by atoms with E-state index in [0.29, 0.717) is 37.2 Å². The molecule has 0 aromatic rings. The van der Waals surface area contributed by atoms with Crippen molar-refractivity contribution in [3.63, 3.8) is 0 Å². The van der Waals surface area contributed by atoms with Crippen LogP contribution in [-0.2, 0) is 14.3 Å². The maximum atomic E-state index is 12.6. The van der Waals surface area contributed by atoms with Gasteiger partial charge in [-0.2, -0.15) is 0 Å². The van der Waals surface area contributed by atoms with E-state index in [1.807, 2.05) is 19.9 Å². The average Bonchev–Trinajstić information content (AvgIpc) is 3.05. The first kappa shape index (κ1) is 28.4. The second-order valence-corrected chi connectivity index (χ2v) is 13.6. The Hall–Kier alpha value is -1.66. The monoisotopic (exact) mass is 516 g/mol. The summed E-state index contributed by atoms with van der Waals surface area (Å²) in [6.45, 7) is 14.5. The molecule has 0 amide bonds. The Morgan fingerprint density at radius 3 is 2.30 bits per heavy atom. The minimum absolute atomic E-state index is 0.0474. The van der Waals surface area contributed by atoms with E-state index >= 15 is 0 Å². The molecule has 0 saturated heterocycles. The van der Waals surface area contributed by atoms with Gasteiger partial charge < -0.3 is 20.1 Å². The minimum Gasteiger partial charge on any atom is -0.478 e. The van der Waals surface area contributed by atoms with Gasteiger partial charge in [-0.15, -0.1) is 0 Å². The number of hydrogen-bond donors (Lipinski definition) is 3. The first-order valence-corrected chi connectivity index (χ1v) is 14.3. The Balaban J connectivity index is 1.82. The zero-order valence-electron chi connectivity index (χ0n) is 23.8. The summed E-state index contributed by atoms with van der Waals surface area (Å²) in [6, 6.07) is 0. The van der Waals surface area contributed by atoms with Gasteiger partial charge in [0.2, 0.25) is 0 Å². The van der Waals surface area contributed by atoms with Gasteiger partial charge in [0, 0.05) is 12.5 Å². The molecule has 0 heterocycles. The van der Waals surface area contributed by atoms with Crippen LogP contribution in [0.25, 0.3) is 0 Å². The van der Waals surface area contributed by atoms with Crippen molar-refractivity contribution in [1.82, 2.24) is 0 Å². The summed E-state index contributed by atoms with van der Waals surface area (Å²) in [5.74, 6) is -0.909. The Bertz CT molecular complexity index is 994. The van der Waals surface area contributed by atoms with E-state index in [4.69, 9.17) is 4.74 Å². The number of ether oxygens (including phenoxy) is 1. The van der Waals surface area contributed by atoms with Gasteiger partial charge in [-0.25, -0.2) is 4.79 Å². The molecule has 3 N–H and O–H groups in total. The summed E-state index contributed by atoms with van der Waals surface area (Å²) in [7, 11) is 0. The van der Waals surface area contributed by atoms with Crippen molar-refractivity contribution in [2.45, 2.75) is 118 Å². The molecule has 4 fully saturated rings. The normalized spacial score (nSPS) is 46.2. The van der Waals surface area contributed by atoms with Gasteiger partial charge in [-0.3, -0.25) is 4.79 Å². The molecule has 0 aliphatic heterocycles. The third-order valence-electron chi connectivity index (χ3n) is 11.6. The number of aliphatic hydroxyl groups excluding tert-OH is 2. The van der Waals surface area contributed by atoms with Crippen molar-refractivity contribution in [1.29, 1.82) is 0 Å². The van der Waals surface area contributed by atoms with Crippen LogP contribution in [0.3, 0.4) is 0 Å². The SMILES string of the molecule is CC(=O)O[C@H]1C[C@@]2(C)[C@@H](C[C@H](O)[C@H]3[C@@]4(C)CC[C@@H](O)[C@@H](C)[C@H]4CC[C@@]32C)/C1=C(\CCC=C(C)C)C(=O)O. The third-order valence-corrected chi connectivity index (χ3v) is 11.6. The number of carboxylic acids is 1. The number of esters is 1. The quantitative estimate of drug-likeness (QED) is 0.247. The molecule has 0 radical (unpaired) electrons. The summed E-state index contributed by atoms with van der Waals surface area (Å²) in [5, 5.41) is 32.9. The Kier molecular flexibility index (Phi) is 7.53. The lowest BCUT2D eigenvalue weighted by Crippen LogP contribution is -2.65. The standard InChI is InChI=1S/C31H48O6/c1-17(2)9-8-10-20(28(35)36)26-22-15-24(34)27-29(5)13-12-23(33)18(3)21(29)11-14-30(27,6)31(22,7)16-25(26)37-19(4)32/h9,18,21-25,27,33-34H,8,10-16H2,1-7H3,(H,35,36)/b26-20-/t18-,21+,22-,23+,24-,25-,27-,29-,30-,31-/m0/s1. The van der Waals surface area contributed by atoms with Gasteiger partial charge in [0.25, 0.3) is 0 Å². The summed E-state index contributed by atoms with van der Waals surface area (Å²) < 4.78 is 5.87. The third kappa shape index (κ3) is 4.40. The summed E-state index contributed by atoms with van der Waals surface area (Å²) >= 11 is 0. The molecule has 0 unspecified atom stereocenters. The number of carbonyl (C=O) groups is 2. The van der Waals surface area contributed by atoms with Crippen LogP contribution >= 0.6 is 0 Å². The minimum atomic E-state index is -0.953. The number of aliphatic carboxylic acids is 1. The first-order valence-electron chi connectivity index (χ1n) is 14.3. The van der Waals surface area contributed by atoms with Crippen molar-refractivity contribution in [2.75, 3.05) is 0 Å². The lowest BCUT2D eigenvalue weighted by Gasteiger charge is -2.69. The van der Waals surface area contributed by atoms with Crippen molar-refractivity contribution in [3.05, 3.63) is 22.8 Å². The highest BCUT2D eigenvalue weighted by Crippen LogP contribution is 2.74. The molecule has 208 valence electrons. The van der Waals surface area contributed by atoms with Crippen molar-refractivity contribution in [3.8, 4) is 0 Å². The molecule has 4 aliphatic rings. The summed E-state index contributed by atoms with van der Waals surface area (Å²) in [5.41, 5.74) is 1.57. The Morgan fingerprint density at radius 2 is 1.70 bits per heavy atom. The summed E-state index contributed by atoms with van der Waals surface area (Å²) in [4.78, 5) is 24.8. The second-order valence-electron chi connectivity index (χ2n) is 13.6. The fraction of sp³-hybridized carbons (Fsp3) is 0.806. The van der Waals surface area contributed by atoms with E-state index in [1.165, 1.54) is 6.92 Å². The molecule has 0 aromatic heterocycles. The van der Waals surface area contributed by atoms with Crippen molar-refractivity contribution < 1.29 is 29.6 Å². The van der Waals surface area contributed by atoms with E-state index in [2.05, 4.69) is 27.7 Å². The summed E-state index contributed by atoms with van der Waals surface area (Å²) in [6.07, 6.45) is 6.22. The van der Waals surface area contributed by atoms with Gasteiger partial charge in [-0.05, 0) is 111 Å². The lowest BCUT2D eigenvalue weighted by molar-refractivity contribution is -0.234. The van der Waals surface area contributed by atoms with Gasteiger partial charge in [0.1, 0.15) is 6.10 Å². The predicted molar refractivity (Wildman–Crippen MR) is 143 cm³/mol. The topological polar surface area (TPSA) is 104 Å². The largest absolute Gasteiger partial charge is 0.478 e. The van der Waals surface area contributed by atoms with E-state index < -0.39 is 24.1 Å². The van der Waals surface area contributed by atoms with Crippen molar-refractivity contribution in [2.24, 2.45) is 39.9 Å². The molecular formula is C31H48O6. The van der Waals surface area contributed by atoms with Gasteiger partial charge in [0.05, 0.1) is 12.2 Å². The molecule has 0 aromatic carbocycles. The smallest absolute Gasteiger partial charge is 0.331 e. The molecule has 4 rings (SSSR count). The van der Waals surface area contributed by atoms with Crippen LogP contribution < -0.4 is 0 Å². The molecule has 10 atom stereocenters. The van der Waals surface area contributed by atoms with Crippen LogP contribution in [-0.4, -0.2) is 45.6 Å². The number of aliphatic hydroxyl groups is 2. The van der Waals surface area contributed by atoms with Crippen molar-refractivity contribution >= 4 is 11.9 Å². The second kappa shape index (κ2) is 9.82. The fourth-order valence-corrected chi connectivity index (χ4v) is 9.79. The highest BCUT2D eigenvalue weighted by atomic mass is 16.5. The highest BCUT2D eigenvalue weighted by Gasteiger charge is 2.70. The zero-order chi connectivity index (χ0) is 27.5. The molecule has 4 saturated carbocycles. The maximum Gasteiger partial charge on any atom is 0.331 e. The zero-order valence-corrected chi connectivity index (χ0v) is 23.8. The van der Waals surface area contributed by atoms with Gasteiger partial charge >= 0.3 is 11.9 Å². The van der Waals surface area contributed by atoms with Crippen LogP contribution in [0.2, 0.25) is 0 Å². The van der Waals surface area contributed by atoms with E-state index in [1.54, 1.807) is 0 Å². The average molecular weight is 517 g/mol. The number of allylic oxidation sites excluding steroid dienone is 2. The van der Waals surface area contributed by atoms with Gasteiger partial charge in [-0.1, -0.05) is 39.3 Å². The number of carboxylic acid groups (broad SMARTS) is 1. The first-order chi connectivity index (χ1) is 17.2. The van der Waals surface area contributed by atoms with Crippen LogP contribution in [0.5, 0.6) is 0 Å². The van der Waals surface area contributed by atoms with Crippen LogP contribution in [0, 0.1) is 39.9 Å². The number of carbonyl (C=O) groups excluding carboxylic acids is 1. The van der Waals surface area contributed by atoms with E-state index in [0.717, 1.165) is 36.8 Å². The molecule has 6 heteroatoms. The fourth-order valence-electron chi connectivity index (χ4n) is 9.79.